The van der Waals surface area contributed by atoms with Crippen molar-refractivity contribution in [2.75, 3.05) is 11.6 Å². The third-order valence-electron chi connectivity index (χ3n) is 4.02. The number of thiazole rings is 1. The van der Waals surface area contributed by atoms with Gasteiger partial charge in [0.2, 0.25) is 0 Å². The Hall–Kier alpha value is -2.77. The molecule has 5 nitrogen and oxygen atoms in total. The molecule has 3 aromatic carbocycles. The number of carbonyl (C=O) groups excluding carboxylic acids is 1. The van der Waals surface area contributed by atoms with E-state index in [1.165, 1.54) is 17.4 Å². The van der Waals surface area contributed by atoms with Gasteiger partial charge in [0, 0.05) is 11.8 Å². The van der Waals surface area contributed by atoms with Crippen LogP contribution in [0.25, 0.3) is 21.0 Å². The van der Waals surface area contributed by atoms with Crippen molar-refractivity contribution in [3.05, 3.63) is 66.2 Å². The van der Waals surface area contributed by atoms with Crippen LogP contribution < -0.4 is 5.32 Å². The number of nitrogens with one attached hydrogen (secondary N) is 1. The van der Waals surface area contributed by atoms with Crippen LogP contribution in [0.4, 0.5) is 5.13 Å². The van der Waals surface area contributed by atoms with Crippen LogP contribution in [0.2, 0.25) is 0 Å². The lowest BCUT2D eigenvalue weighted by Gasteiger charge is -2.03. The minimum Gasteiger partial charge on any atom is -0.298 e. The van der Waals surface area contributed by atoms with E-state index in [9.17, 15) is 13.2 Å². The van der Waals surface area contributed by atoms with Crippen LogP contribution in [-0.4, -0.2) is 25.6 Å². The van der Waals surface area contributed by atoms with Crippen molar-refractivity contribution in [2.24, 2.45) is 0 Å². The van der Waals surface area contributed by atoms with Crippen molar-refractivity contribution >= 4 is 53.2 Å². The third kappa shape index (κ3) is 3.18. The summed E-state index contributed by atoms with van der Waals surface area (Å²) in [4.78, 5) is 17.1. The van der Waals surface area contributed by atoms with E-state index < -0.39 is 9.84 Å². The highest BCUT2D eigenvalue weighted by molar-refractivity contribution is 7.90. The minimum absolute atomic E-state index is 0.237. The first kappa shape index (κ1) is 16.7. The van der Waals surface area contributed by atoms with Gasteiger partial charge in [-0.1, -0.05) is 41.7 Å². The van der Waals surface area contributed by atoms with Crippen molar-refractivity contribution in [3.63, 3.8) is 0 Å². The fraction of sp³-hybridized carbons (Fsp3) is 0.0526. The summed E-state index contributed by atoms with van der Waals surface area (Å²) in [6, 6.07) is 18.1. The molecule has 0 saturated carbocycles. The van der Waals surface area contributed by atoms with Crippen LogP contribution in [0, 0.1) is 0 Å². The molecule has 130 valence electrons. The van der Waals surface area contributed by atoms with E-state index in [0.29, 0.717) is 20.9 Å². The molecular weight excluding hydrogens is 368 g/mol. The SMILES string of the molecule is CS(=O)(=O)c1ccc2nc(NC(=O)c3ccc4ccccc4c3)sc2c1. The van der Waals surface area contributed by atoms with Crippen molar-refractivity contribution in [1.82, 2.24) is 4.98 Å². The van der Waals surface area contributed by atoms with Crippen molar-refractivity contribution in [1.29, 1.82) is 0 Å². The summed E-state index contributed by atoms with van der Waals surface area (Å²) in [6.07, 6.45) is 1.16. The van der Waals surface area contributed by atoms with Gasteiger partial charge >= 0.3 is 0 Å². The van der Waals surface area contributed by atoms with E-state index in [4.69, 9.17) is 0 Å². The number of benzene rings is 3. The molecule has 0 aliphatic heterocycles. The molecule has 0 atom stereocenters. The molecule has 26 heavy (non-hydrogen) atoms. The van der Waals surface area contributed by atoms with Crippen LogP contribution in [0.15, 0.2) is 65.6 Å². The van der Waals surface area contributed by atoms with Crippen LogP contribution in [0.5, 0.6) is 0 Å². The van der Waals surface area contributed by atoms with Gasteiger partial charge in [-0.15, -0.1) is 0 Å². The quantitative estimate of drug-likeness (QED) is 0.579. The number of amides is 1. The molecule has 1 heterocycles. The van der Waals surface area contributed by atoms with E-state index in [0.717, 1.165) is 17.0 Å². The number of carbonyl (C=O) groups is 1. The largest absolute Gasteiger partial charge is 0.298 e. The van der Waals surface area contributed by atoms with Gasteiger partial charge in [0.15, 0.2) is 15.0 Å². The lowest BCUT2D eigenvalue weighted by Crippen LogP contribution is -2.11. The summed E-state index contributed by atoms with van der Waals surface area (Å²) in [5.74, 6) is -0.252. The first-order valence-corrected chi connectivity index (χ1v) is 10.5. The molecule has 1 aromatic heterocycles. The van der Waals surface area contributed by atoms with Crippen LogP contribution in [-0.2, 0) is 9.84 Å². The normalized spacial score (nSPS) is 11.7. The van der Waals surface area contributed by atoms with E-state index in [-0.39, 0.29) is 10.8 Å². The molecule has 4 aromatic rings. The highest BCUT2D eigenvalue weighted by atomic mass is 32.2. The van der Waals surface area contributed by atoms with E-state index in [2.05, 4.69) is 10.3 Å². The average molecular weight is 382 g/mol. The molecule has 0 bridgehead atoms. The number of nitrogens with zero attached hydrogens (tertiary/aromatic N) is 1. The average Bonchev–Trinajstić information content (AvgIpc) is 3.01. The summed E-state index contributed by atoms with van der Waals surface area (Å²) in [6.45, 7) is 0. The van der Waals surface area contributed by atoms with Crippen LogP contribution in [0.3, 0.4) is 0 Å². The zero-order valence-corrected chi connectivity index (χ0v) is 15.4. The molecular formula is C19H14N2O3S2. The monoisotopic (exact) mass is 382 g/mol. The Balaban J connectivity index is 1.64. The number of sulfone groups is 1. The maximum Gasteiger partial charge on any atom is 0.257 e. The zero-order valence-electron chi connectivity index (χ0n) is 13.8. The highest BCUT2D eigenvalue weighted by Crippen LogP contribution is 2.28. The lowest BCUT2D eigenvalue weighted by atomic mass is 10.1. The molecule has 7 heteroatoms. The predicted octanol–water partition coefficient (Wildman–Crippen LogP) is 4.11. The fourth-order valence-electron chi connectivity index (χ4n) is 2.69. The van der Waals surface area contributed by atoms with Gasteiger partial charge < -0.3 is 0 Å². The second kappa shape index (κ2) is 6.19. The second-order valence-corrected chi connectivity index (χ2v) is 8.98. The topological polar surface area (TPSA) is 76.1 Å². The molecule has 0 radical (unpaired) electrons. The Morgan fingerprint density at radius 2 is 1.77 bits per heavy atom. The molecule has 0 aliphatic carbocycles. The van der Waals surface area contributed by atoms with E-state index in [1.807, 2.05) is 36.4 Å². The fourth-order valence-corrected chi connectivity index (χ4v) is 4.31. The Kier molecular flexibility index (Phi) is 3.97. The minimum atomic E-state index is -3.28. The van der Waals surface area contributed by atoms with Gasteiger partial charge in [-0.05, 0) is 41.1 Å². The van der Waals surface area contributed by atoms with Crippen molar-refractivity contribution < 1.29 is 13.2 Å². The summed E-state index contributed by atoms with van der Waals surface area (Å²) >= 11 is 1.25. The van der Waals surface area contributed by atoms with Gasteiger partial charge in [0.1, 0.15) is 0 Å². The zero-order chi connectivity index (χ0) is 18.3. The molecule has 1 N–H and O–H groups in total. The Labute approximate surface area is 154 Å². The Morgan fingerprint density at radius 1 is 1.00 bits per heavy atom. The summed E-state index contributed by atoms with van der Waals surface area (Å²) in [5.41, 5.74) is 1.19. The summed E-state index contributed by atoms with van der Waals surface area (Å²) < 4.78 is 24.0. The third-order valence-corrected chi connectivity index (χ3v) is 6.06. The van der Waals surface area contributed by atoms with Crippen LogP contribution >= 0.6 is 11.3 Å². The molecule has 0 unspecified atom stereocenters. The number of aromatic nitrogens is 1. The molecule has 0 saturated heterocycles. The smallest absolute Gasteiger partial charge is 0.257 e. The van der Waals surface area contributed by atoms with Gasteiger partial charge in [0.05, 0.1) is 15.1 Å². The highest BCUT2D eigenvalue weighted by Gasteiger charge is 2.13. The molecule has 4 rings (SSSR count). The summed E-state index contributed by atoms with van der Waals surface area (Å²) in [7, 11) is -3.28. The van der Waals surface area contributed by atoms with Gasteiger partial charge in [-0.25, -0.2) is 13.4 Å². The first-order chi connectivity index (χ1) is 12.4. The second-order valence-electron chi connectivity index (χ2n) is 5.94. The molecule has 0 spiro atoms. The molecule has 0 fully saturated rings. The standard InChI is InChI=1S/C19H14N2O3S2/c1-26(23,24)15-8-9-16-17(11-15)25-19(20-16)21-18(22)14-7-6-12-4-2-3-5-13(12)10-14/h2-11H,1H3,(H,20,21,22). The lowest BCUT2D eigenvalue weighted by molar-refractivity contribution is 0.102. The Bertz CT molecular complexity index is 1260. The number of hydrogen-bond acceptors (Lipinski definition) is 5. The van der Waals surface area contributed by atoms with E-state index >= 15 is 0 Å². The number of anilines is 1. The predicted molar refractivity (Wildman–Crippen MR) is 105 cm³/mol. The van der Waals surface area contributed by atoms with E-state index in [1.54, 1.807) is 18.2 Å². The van der Waals surface area contributed by atoms with Gasteiger partial charge in [0.25, 0.3) is 5.91 Å². The maximum absolute atomic E-state index is 12.5. The molecule has 1 amide bonds. The van der Waals surface area contributed by atoms with Gasteiger partial charge in [-0.2, -0.15) is 0 Å². The number of fused-ring (bicyclic) bond motifs is 2. The molecule has 0 aliphatic rings. The number of rotatable bonds is 3. The first-order valence-electron chi connectivity index (χ1n) is 7.81. The Morgan fingerprint density at radius 3 is 2.54 bits per heavy atom. The number of hydrogen-bond donors (Lipinski definition) is 1. The maximum atomic E-state index is 12.5. The van der Waals surface area contributed by atoms with Crippen molar-refractivity contribution in [3.8, 4) is 0 Å². The van der Waals surface area contributed by atoms with Crippen molar-refractivity contribution in [2.45, 2.75) is 4.90 Å². The summed E-state index contributed by atoms with van der Waals surface area (Å²) in [5, 5.41) is 5.28. The van der Waals surface area contributed by atoms with Gasteiger partial charge in [-0.3, -0.25) is 10.1 Å². The van der Waals surface area contributed by atoms with Crippen LogP contribution in [0.1, 0.15) is 10.4 Å².